The third-order valence-corrected chi connectivity index (χ3v) is 7.01. The van der Waals surface area contributed by atoms with Crippen LogP contribution in [0, 0.1) is 6.92 Å². The highest BCUT2D eigenvalue weighted by atomic mass is 35.5. The summed E-state index contributed by atoms with van der Waals surface area (Å²) in [6.45, 7) is 3.89. The van der Waals surface area contributed by atoms with Gasteiger partial charge in [0.2, 0.25) is 0 Å². The fourth-order valence-corrected chi connectivity index (χ4v) is 4.88. The summed E-state index contributed by atoms with van der Waals surface area (Å²) in [7, 11) is 1.53. The smallest absolute Gasteiger partial charge is 0.344 e. The molecule has 0 radical (unpaired) electrons. The predicted molar refractivity (Wildman–Crippen MR) is 154 cm³/mol. The first-order valence-electron chi connectivity index (χ1n) is 12.0. The molecule has 9 heteroatoms. The van der Waals surface area contributed by atoms with Crippen LogP contribution in [0.25, 0.3) is 6.08 Å². The summed E-state index contributed by atoms with van der Waals surface area (Å²) in [6.07, 6.45) is 1.67. The molecule has 3 aromatic rings. The zero-order valence-electron chi connectivity index (χ0n) is 21.6. The minimum Gasteiger partial charge on any atom is -0.506 e. The molecule has 0 spiro atoms. The summed E-state index contributed by atoms with van der Waals surface area (Å²) in [5.74, 6) is -0.566. The molecule has 1 aliphatic heterocycles. The lowest BCUT2D eigenvalue weighted by molar-refractivity contribution is -0.138. The van der Waals surface area contributed by atoms with Crippen LogP contribution in [0.3, 0.4) is 0 Å². The molecule has 39 heavy (non-hydrogen) atoms. The largest absolute Gasteiger partial charge is 0.506 e. The van der Waals surface area contributed by atoms with Crippen molar-refractivity contribution in [1.82, 2.24) is 0 Å². The van der Waals surface area contributed by atoms with Gasteiger partial charge in [-0.25, -0.2) is 9.79 Å². The minimum atomic E-state index is -0.759. The van der Waals surface area contributed by atoms with Crippen molar-refractivity contribution in [2.24, 2.45) is 4.99 Å². The number of carbonyl (C=O) groups is 2. The molecule has 4 rings (SSSR count). The van der Waals surface area contributed by atoms with E-state index in [1.165, 1.54) is 7.11 Å². The number of thioether (sulfide) groups is 1. The molecule has 1 heterocycles. The zero-order valence-corrected chi connectivity index (χ0v) is 23.1. The molecule has 1 aliphatic rings. The van der Waals surface area contributed by atoms with Crippen molar-refractivity contribution in [3.63, 3.8) is 0 Å². The first-order valence-corrected chi connectivity index (χ1v) is 13.2. The Labute approximate surface area is 235 Å². The fourth-order valence-electron chi connectivity index (χ4n) is 3.74. The topological polar surface area (TPSA) is 94.4 Å². The van der Waals surface area contributed by atoms with E-state index in [2.05, 4.69) is 4.99 Å². The number of amides is 1. The Bertz CT molecular complexity index is 1490. The number of ether oxygens (including phenoxy) is 3. The van der Waals surface area contributed by atoms with E-state index < -0.39 is 11.9 Å². The number of hydrogen-bond donors (Lipinski definition) is 1. The van der Waals surface area contributed by atoms with E-state index in [-0.39, 0.29) is 23.0 Å². The molecule has 0 bridgehead atoms. The van der Waals surface area contributed by atoms with Crippen molar-refractivity contribution < 1.29 is 28.9 Å². The van der Waals surface area contributed by atoms with Crippen LogP contribution < -0.4 is 9.47 Å². The summed E-state index contributed by atoms with van der Waals surface area (Å²) >= 11 is 6.96. The Kier molecular flexibility index (Phi) is 9.11. The highest BCUT2D eigenvalue weighted by Gasteiger charge is 2.34. The van der Waals surface area contributed by atoms with Crippen LogP contribution in [0.15, 0.2) is 88.0 Å². The minimum absolute atomic E-state index is 0.0698. The number of aliphatic hydroxyl groups is 1. The fraction of sp³-hybridized carbons (Fsp3) is 0.167. The first kappa shape index (κ1) is 28.0. The number of aryl methyl sites for hydroxylation is 1. The van der Waals surface area contributed by atoms with E-state index in [0.29, 0.717) is 39.2 Å². The van der Waals surface area contributed by atoms with Gasteiger partial charge < -0.3 is 19.3 Å². The van der Waals surface area contributed by atoms with Gasteiger partial charge in [-0.1, -0.05) is 59.8 Å². The van der Waals surface area contributed by atoms with E-state index in [1.54, 1.807) is 68.5 Å². The number of carbonyl (C=O) groups excluding carboxylic acids is 2. The summed E-state index contributed by atoms with van der Waals surface area (Å²) < 4.78 is 16.6. The van der Waals surface area contributed by atoms with Crippen molar-refractivity contribution in [1.29, 1.82) is 0 Å². The van der Waals surface area contributed by atoms with E-state index >= 15 is 0 Å². The van der Waals surface area contributed by atoms with Gasteiger partial charge in [-0.3, -0.25) is 4.79 Å². The summed E-state index contributed by atoms with van der Waals surface area (Å²) in [4.78, 5) is 30.1. The third-order valence-electron chi connectivity index (χ3n) is 5.74. The lowest BCUT2D eigenvalue weighted by Gasteiger charge is -2.12. The molecule has 1 N–H and O–H groups in total. The third kappa shape index (κ3) is 6.71. The number of nitrogens with zero attached hydrogens (tertiary/aromatic N) is 1. The van der Waals surface area contributed by atoms with E-state index in [1.807, 2.05) is 18.2 Å². The Balaban J connectivity index is 1.62. The number of halogens is 1. The second-order valence-electron chi connectivity index (χ2n) is 8.42. The molecule has 0 unspecified atom stereocenters. The Morgan fingerprint density at radius 3 is 2.49 bits per heavy atom. The van der Waals surface area contributed by atoms with Gasteiger partial charge in [-0.05, 0) is 66.9 Å². The van der Waals surface area contributed by atoms with Crippen molar-refractivity contribution in [3.05, 3.63) is 110 Å². The maximum Gasteiger partial charge on any atom is 0.344 e. The van der Waals surface area contributed by atoms with Crippen LogP contribution in [0.4, 0.5) is 0 Å². The highest BCUT2D eigenvalue weighted by molar-refractivity contribution is 8.18. The van der Waals surface area contributed by atoms with Gasteiger partial charge in [-0.2, -0.15) is 0 Å². The summed E-state index contributed by atoms with van der Waals surface area (Å²) in [6, 6.07) is 19.7. The van der Waals surface area contributed by atoms with Gasteiger partial charge >= 0.3 is 5.97 Å². The van der Waals surface area contributed by atoms with Crippen molar-refractivity contribution >= 4 is 46.4 Å². The molecule has 0 fully saturated rings. The molecular formula is C30H26ClNO6S. The lowest BCUT2D eigenvalue weighted by atomic mass is 10.1. The number of methoxy groups -OCH3 is 1. The van der Waals surface area contributed by atoms with Crippen molar-refractivity contribution in [2.45, 2.75) is 20.5 Å². The van der Waals surface area contributed by atoms with Gasteiger partial charge in [0.25, 0.3) is 5.91 Å². The normalized spacial score (nSPS) is 15.1. The van der Waals surface area contributed by atoms with E-state index in [9.17, 15) is 14.7 Å². The van der Waals surface area contributed by atoms with Crippen LogP contribution in [0.5, 0.6) is 11.5 Å². The Morgan fingerprint density at radius 1 is 1.05 bits per heavy atom. The van der Waals surface area contributed by atoms with Gasteiger partial charge in [0, 0.05) is 10.6 Å². The average molecular weight is 564 g/mol. The number of aliphatic imine (C=N–C) groups is 1. The van der Waals surface area contributed by atoms with Crippen LogP contribution in [-0.2, 0) is 16.1 Å². The molecule has 1 amide bonds. The molecule has 3 aromatic carbocycles. The van der Waals surface area contributed by atoms with Crippen LogP contribution in [0.2, 0.25) is 5.02 Å². The van der Waals surface area contributed by atoms with Crippen molar-refractivity contribution in [3.8, 4) is 11.5 Å². The Hall–Kier alpha value is -4.01. The number of benzene rings is 3. The van der Waals surface area contributed by atoms with E-state index in [0.717, 1.165) is 22.9 Å². The zero-order chi connectivity index (χ0) is 27.9. The van der Waals surface area contributed by atoms with Gasteiger partial charge in [-0.15, -0.1) is 0 Å². The highest BCUT2D eigenvalue weighted by Crippen LogP contribution is 2.40. The quantitative estimate of drug-likeness (QED) is 0.297. The molecule has 0 saturated heterocycles. The molecule has 7 nitrogen and oxygen atoms in total. The molecule has 0 saturated carbocycles. The number of esters is 1. The van der Waals surface area contributed by atoms with Gasteiger partial charge in [0.1, 0.15) is 23.0 Å². The molecule has 0 aliphatic carbocycles. The second-order valence-corrected chi connectivity index (χ2v) is 9.88. The SMILES string of the molecule is CCOC(=O)C1=C(O)/C(=C/c2ccc(OCc3ccc(Cl)cc3)c(OC)c2)SC1=NC(=O)c1ccccc1C. The molecular weight excluding hydrogens is 538 g/mol. The second kappa shape index (κ2) is 12.7. The number of rotatable bonds is 8. The van der Waals surface area contributed by atoms with Crippen molar-refractivity contribution in [2.75, 3.05) is 13.7 Å². The van der Waals surface area contributed by atoms with Crippen LogP contribution in [-0.4, -0.2) is 35.7 Å². The summed E-state index contributed by atoms with van der Waals surface area (Å²) in [5.41, 5.74) is 2.63. The lowest BCUT2D eigenvalue weighted by Crippen LogP contribution is -2.14. The van der Waals surface area contributed by atoms with E-state index in [4.69, 9.17) is 25.8 Å². The van der Waals surface area contributed by atoms with Gasteiger partial charge in [0.05, 0.1) is 18.6 Å². The molecule has 0 atom stereocenters. The maximum atomic E-state index is 12.9. The standard InChI is InChI=1S/C30H26ClNO6S/c1-4-37-30(35)26-27(33)25(39-29(26)32-28(34)22-8-6-5-7-18(22)2)16-20-11-14-23(24(15-20)36-3)38-17-19-9-12-21(31)13-10-19/h5-16,33H,4,17H2,1-3H3/b25-16-,32-29?. The molecule has 0 aromatic heterocycles. The van der Waals surface area contributed by atoms with Gasteiger partial charge in [0.15, 0.2) is 11.5 Å². The number of hydrogen-bond acceptors (Lipinski definition) is 7. The first-order chi connectivity index (χ1) is 18.8. The Morgan fingerprint density at radius 2 is 1.79 bits per heavy atom. The maximum absolute atomic E-state index is 12.9. The summed E-state index contributed by atoms with van der Waals surface area (Å²) in [5, 5.41) is 11.7. The monoisotopic (exact) mass is 563 g/mol. The van der Waals surface area contributed by atoms with Crippen LogP contribution in [0.1, 0.15) is 34.0 Å². The number of aliphatic hydroxyl groups excluding tert-OH is 1. The average Bonchev–Trinajstić information content (AvgIpc) is 3.22. The predicted octanol–water partition coefficient (Wildman–Crippen LogP) is 6.94. The van der Waals surface area contributed by atoms with Crippen LogP contribution >= 0.6 is 23.4 Å². The molecule has 200 valence electrons.